The fourth-order valence-corrected chi connectivity index (χ4v) is 3.84. The molecule has 26 heavy (non-hydrogen) atoms. The van der Waals surface area contributed by atoms with Gasteiger partial charge in [0, 0.05) is 38.3 Å². The monoisotopic (exact) mass is 352 g/mol. The van der Waals surface area contributed by atoms with Gasteiger partial charge in [-0.1, -0.05) is 17.7 Å². The second-order valence-electron chi connectivity index (χ2n) is 7.14. The van der Waals surface area contributed by atoms with Gasteiger partial charge in [0.15, 0.2) is 0 Å². The predicted octanol–water partition coefficient (Wildman–Crippen LogP) is 2.13. The van der Waals surface area contributed by atoms with Gasteiger partial charge < -0.3 is 9.80 Å². The van der Waals surface area contributed by atoms with Gasteiger partial charge in [0.05, 0.1) is 17.5 Å². The molecule has 1 aromatic heterocycles. The van der Waals surface area contributed by atoms with Crippen LogP contribution >= 0.6 is 0 Å². The van der Waals surface area contributed by atoms with Crippen LogP contribution in [0, 0.1) is 6.92 Å². The highest BCUT2D eigenvalue weighted by Gasteiger charge is 2.28. The molecule has 3 heterocycles. The third-order valence-electron chi connectivity index (χ3n) is 5.33. The molecule has 2 amide bonds. The zero-order chi connectivity index (χ0) is 18.1. The van der Waals surface area contributed by atoms with E-state index in [9.17, 15) is 9.59 Å². The number of fused-ring (bicyclic) bond motifs is 1. The lowest BCUT2D eigenvalue weighted by Crippen LogP contribution is -2.50. The lowest BCUT2D eigenvalue weighted by Gasteiger charge is -2.35. The highest BCUT2D eigenvalue weighted by atomic mass is 16.2. The number of hydrogen-bond donors (Lipinski definition) is 0. The van der Waals surface area contributed by atoms with Gasteiger partial charge in [0.25, 0.3) is 11.8 Å². The summed E-state index contributed by atoms with van der Waals surface area (Å²) in [7, 11) is 0. The number of rotatable bonds is 2. The second kappa shape index (κ2) is 6.94. The van der Waals surface area contributed by atoms with Crippen molar-refractivity contribution in [3.63, 3.8) is 0 Å². The molecular formula is C20H24N4O2. The average Bonchev–Trinajstić information content (AvgIpc) is 3.11. The van der Waals surface area contributed by atoms with E-state index in [1.165, 1.54) is 0 Å². The maximum absolute atomic E-state index is 12.9. The fourth-order valence-electron chi connectivity index (χ4n) is 3.84. The molecule has 0 spiro atoms. The molecule has 1 aromatic carbocycles. The maximum Gasteiger partial charge on any atom is 0.257 e. The Morgan fingerprint density at radius 2 is 1.69 bits per heavy atom. The van der Waals surface area contributed by atoms with Gasteiger partial charge in [-0.3, -0.25) is 14.3 Å². The largest absolute Gasteiger partial charge is 0.335 e. The van der Waals surface area contributed by atoms with Crippen molar-refractivity contribution in [2.75, 3.05) is 26.2 Å². The Kier molecular flexibility index (Phi) is 4.49. The van der Waals surface area contributed by atoms with Crippen molar-refractivity contribution in [2.24, 2.45) is 0 Å². The molecule has 2 aliphatic heterocycles. The maximum atomic E-state index is 12.9. The summed E-state index contributed by atoms with van der Waals surface area (Å²) in [6, 6.07) is 7.66. The van der Waals surface area contributed by atoms with Crippen molar-refractivity contribution in [1.29, 1.82) is 0 Å². The van der Waals surface area contributed by atoms with E-state index in [0.29, 0.717) is 26.2 Å². The summed E-state index contributed by atoms with van der Waals surface area (Å²) < 4.78 is 1.97. The van der Waals surface area contributed by atoms with Gasteiger partial charge in [-0.2, -0.15) is 5.10 Å². The third kappa shape index (κ3) is 3.11. The van der Waals surface area contributed by atoms with Gasteiger partial charge in [-0.15, -0.1) is 0 Å². The highest BCUT2D eigenvalue weighted by Crippen LogP contribution is 2.20. The van der Waals surface area contributed by atoms with Crippen molar-refractivity contribution >= 4 is 11.8 Å². The minimum absolute atomic E-state index is 0.0451. The number of aromatic nitrogens is 2. The van der Waals surface area contributed by atoms with Crippen molar-refractivity contribution in [3.05, 3.63) is 52.8 Å². The van der Waals surface area contributed by atoms with E-state index in [0.717, 1.165) is 48.2 Å². The number of aryl methyl sites for hydroxylation is 2. The molecule has 0 atom stereocenters. The summed E-state index contributed by atoms with van der Waals surface area (Å²) in [4.78, 5) is 29.2. The second-order valence-corrected chi connectivity index (χ2v) is 7.14. The molecule has 0 radical (unpaired) electrons. The van der Waals surface area contributed by atoms with E-state index in [4.69, 9.17) is 0 Å². The molecule has 136 valence electrons. The molecule has 4 rings (SSSR count). The Labute approximate surface area is 153 Å². The van der Waals surface area contributed by atoms with Gasteiger partial charge in [-0.25, -0.2) is 0 Å². The van der Waals surface area contributed by atoms with Crippen molar-refractivity contribution in [3.8, 4) is 0 Å². The quantitative estimate of drug-likeness (QED) is 0.832. The number of hydrogen-bond acceptors (Lipinski definition) is 3. The van der Waals surface area contributed by atoms with E-state index < -0.39 is 0 Å². The summed E-state index contributed by atoms with van der Waals surface area (Å²) in [5.41, 5.74) is 3.61. The van der Waals surface area contributed by atoms with Crippen molar-refractivity contribution in [1.82, 2.24) is 19.6 Å². The molecule has 0 bridgehead atoms. The van der Waals surface area contributed by atoms with E-state index in [1.54, 1.807) is 6.20 Å². The third-order valence-corrected chi connectivity index (χ3v) is 5.33. The molecule has 0 unspecified atom stereocenters. The van der Waals surface area contributed by atoms with Crippen LogP contribution in [0.5, 0.6) is 0 Å². The summed E-state index contributed by atoms with van der Waals surface area (Å²) in [5.74, 6) is 0.0968. The van der Waals surface area contributed by atoms with Crippen LogP contribution in [0.4, 0.5) is 0 Å². The first kappa shape index (κ1) is 16.8. The van der Waals surface area contributed by atoms with Gasteiger partial charge in [0.1, 0.15) is 0 Å². The van der Waals surface area contributed by atoms with Crippen LogP contribution in [0.2, 0.25) is 0 Å². The van der Waals surface area contributed by atoms with Crippen LogP contribution in [0.15, 0.2) is 30.5 Å². The van der Waals surface area contributed by atoms with Crippen LogP contribution in [-0.2, 0) is 13.0 Å². The average molecular weight is 352 g/mol. The van der Waals surface area contributed by atoms with Crippen LogP contribution < -0.4 is 0 Å². The van der Waals surface area contributed by atoms with Crippen LogP contribution in [0.3, 0.4) is 0 Å². The van der Waals surface area contributed by atoms with Crippen LogP contribution in [0.25, 0.3) is 0 Å². The molecule has 1 saturated heterocycles. The van der Waals surface area contributed by atoms with E-state index in [-0.39, 0.29) is 11.8 Å². The zero-order valence-corrected chi connectivity index (χ0v) is 15.1. The highest BCUT2D eigenvalue weighted by molar-refractivity contribution is 5.96. The molecule has 1 fully saturated rings. The first-order valence-corrected chi connectivity index (χ1v) is 9.33. The number of carbonyl (C=O) groups is 2. The topological polar surface area (TPSA) is 58.4 Å². The van der Waals surface area contributed by atoms with E-state index >= 15 is 0 Å². The number of carbonyl (C=O) groups excluding carboxylic acids is 2. The van der Waals surface area contributed by atoms with E-state index in [1.807, 2.05) is 45.7 Å². The fraction of sp³-hybridized carbons (Fsp3) is 0.450. The lowest BCUT2D eigenvalue weighted by molar-refractivity contribution is 0.0534. The summed E-state index contributed by atoms with van der Waals surface area (Å²) in [5, 5.41) is 4.37. The number of benzene rings is 1. The van der Waals surface area contributed by atoms with Gasteiger partial charge in [-0.05, 0) is 38.3 Å². The first-order chi connectivity index (χ1) is 12.6. The van der Waals surface area contributed by atoms with E-state index in [2.05, 4.69) is 5.10 Å². The SMILES string of the molecule is Cc1cccc(C(=O)N2CCN(C(=O)c3cnn4c3CCCC4)CC2)c1. The Bertz CT molecular complexity index is 834. The molecule has 0 aliphatic carbocycles. The normalized spacial score (nSPS) is 17.1. The van der Waals surface area contributed by atoms with Crippen molar-refractivity contribution in [2.45, 2.75) is 32.7 Å². The van der Waals surface area contributed by atoms with Crippen LogP contribution in [0.1, 0.15) is 44.8 Å². The lowest BCUT2D eigenvalue weighted by atomic mass is 10.1. The summed E-state index contributed by atoms with van der Waals surface area (Å²) in [6.07, 6.45) is 4.88. The van der Waals surface area contributed by atoms with Crippen LogP contribution in [-0.4, -0.2) is 57.6 Å². The minimum atomic E-state index is 0.0451. The Morgan fingerprint density at radius 3 is 2.42 bits per heavy atom. The Morgan fingerprint density at radius 1 is 0.962 bits per heavy atom. The molecule has 6 heteroatoms. The molecular weight excluding hydrogens is 328 g/mol. The number of amides is 2. The van der Waals surface area contributed by atoms with Crippen molar-refractivity contribution < 1.29 is 9.59 Å². The molecule has 0 N–H and O–H groups in total. The molecule has 0 saturated carbocycles. The molecule has 2 aromatic rings. The Balaban J connectivity index is 1.41. The first-order valence-electron chi connectivity index (χ1n) is 9.33. The minimum Gasteiger partial charge on any atom is -0.335 e. The summed E-state index contributed by atoms with van der Waals surface area (Å²) >= 11 is 0. The zero-order valence-electron chi connectivity index (χ0n) is 15.1. The summed E-state index contributed by atoms with van der Waals surface area (Å²) in [6.45, 7) is 5.17. The number of nitrogens with zero attached hydrogens (tertiary/aromatic N) is 4. The standard InChI is InChI=1S/C20H24N4O2/c1-15-5-4-6-16(13-15)19(25)22-9-11-23(12-10-22)20(26)17-14-21-24-8-3-2-7-18(17)24/h4-6,13-14H,2-3,7-12H2,1H3. The predicted molar refractivity (Wildman–Crippen MR) is 98.2 cm³/mol. The number of piperazine rings is 1. The van der Waals surface area contributed by atoms with Gasteiger partial charge in [0.2, 0.25) is 0 Å². The molecule has 6 nitrogen and oxygen atoms in total. The van der Waals surface area contributed by atoms with Gasteiger partial charge >= 0.3 is 0 Å². The molecule has 2 aliphatic rings. The Hall–Kier alpha value is -2.63. The smallest absolute Gasteiger partial charge is 0.257 e.